The van der Waals surface area contributed by atoms with Gasteiger partial charge in [0.2, 0.25) is 0 Å². The average molecular weight is 345 g/mol. The smallest absolute Gasteiger partial charge is 0.141 e. The molecule has 5 heteroatoms. The first-order chi connectivity index (χ1) is 11.7. The largest absolute Gasteiger partial charge is 0.356 e. The number of hydrogen-bond acceptors (Lipinski definition) is 5. The maximum absolute atomic E-state index is 4.73. The van der Waals surface area contributed by atoms with E-state index in [0.717, 1.165) is 5.92 Å². The summed E-state index contributed by atoms with van der Waals surface area (Å²) < 4.78 is 0. The molecule has 24 heavy (non-hydrogen) atoms. The first-order valence-corrected chi connectivity index (χ1v) is 10.2. The monoisotopic (exact) mass is 344 g/mol. The van der Waals surface area contributed by atoms with Crippen LogP contribution >= 0.6 is 11.3 Å². The van der Waals surface area contributed by atoms with Gasteiger partial charge in [-0.05, 0) is 50.1 Å². The molecule has 0 amide bonds. The van der Waals surface area contributed by atoms with E-state index in [1.54, 1.807) is 16.8 Å². The first kappa shape index (κ1) is 16.3. The minimum atomic E-state index is 0.601. The summed E-state index contributed by atoms with van der Waals surface area (Å²) in [6, 6.07) is 0.601. The number of aromatic nitrogens is 2. The summed E-state index contributed by atoms with van der Waals surface area (Å²) in [5.41, 5.74) is 1.54. The molecule has 2 aromatic heterocycles. The number of thiophene rings is 1. The molecule has 4 nitrogen and oxygen atoms in total. The van der Waals surface area contributed by atoms with Gasteiger partial charge in [0.05, 0.1) is 5.39 Å². The molecule has 1 fully saturated rings. The van der Waals surface area contributed by atoms with Crippen LogP contribution in [0.5, 0.6) is 0 Å². The Bertz CT molecular complexity index is 717. The summed E-state index contributed by atoms with van der Waals surface area (Å²) in [6.45, 7) is 8.21. The molecule has 3 heterocycles. The van der Waals surface area contributed by atoms with E-state index in [2.05, 4.69) is 35.7 Å². The maximum Gasteiger partial charge on any atom is 0.141 e. The van der Waals surface area contributed by atoms with Gasteiger partial charge in [0.15, 0.2) is 0 Å². The van der Waals surface area contributed by atoms with Crippen molar-refractivity contribution in [3.05, 3.63) is 16.8 Å². The standard InChI is InChI=1S/C19H28N4S/c1-4-23-9-7-14(8-10-23)22(3)18-17-15-6-5-13(2)11-16(15)24-19(17)21-12-20-18/h12-14H,4-11H2,1-3H3. The normalized spacial score (nSPS) is 22.7. The second-order valence-corrected chi connectivity index (χ2v) is 8.59. The lowest BCUT2D eigenvalue weighted by molar-refractivity contribution is 0.220. The third-order valence-corrected chi connectivity index (χ3v) is 7.12. The summed E-state index contributed by atoms with van der Waals surface area (Å²) in [6.07, 6.45) is 7.94. The number of likely N-dealkylation sites (tertiary alicyclic amines) is 1. The van der Waals surface area contributed by atoms with E-state index in [1.165, 1.54) is 67.8 Å². The molecule has 0 spiro atoms. The number of piperidine rings is 1. The van der Waals surface area contributed by atoms with Crippen molar-refractivity contribution in [1.82, 2.24) is 14.9 Å². The van der Waals surface area contributed by atoms with Gasteiger partial charge in [0.25, 0.3) is 0 Å². The van der Waals surface area contributed by atoms with Gasteiger partial charge >= 0.3 is 0 Å². The van der Waals surface area contributed by atoms with Crippen LogP contribution in [0.2, 0.25) is 0 Å². The zero-order valence-corrected chi connectivity index (χ0v) is 15.9. The number of rotatable bonds is 3. The molecule has 2 aromatic rings. The Morgan fingerprint density at radius 2 is 2.04 bits per heavy atom. The van der Waals surface area contributed by atoms with Crippen molar-refractivity contribution in [2.45, 2.75) is 52.0 Å². The van der Waals surface area contributed by atoms with Gasteiger partial charge in [-0.1, -0.05) is 13.8 Å². The Hall–Kier alpha value is -1.20. The van der Waals surface area contributed by atoms with Crippen LogP contribution in [0.1, 0.15) is 43.6 Å². The molecule has 1 atom stereocenters. The summed E-state index contributed by atoms with van der Waals surface area (Å²) in [4.78, 5) is 17.1. The zero-order valence-electron chi connectivity index (χ0n) is 15.1. The van der Waals surface area contributed by atoms with Gasteiger partial charge in [-0.15, -0.1) is 11.3 Å². The van der Waals surface area contributed by atoms with Gasteiger partial charge in [0, 0.05) is 31.1 Å². The number of nitrogens with zero attached hydrogens (tertiary/aromatic N) is 4. The maximum atomic E-state index is 4.73. The first-order valence-electron chi connectivity index (χ1n) is 9.37. The Kier molecular flexibility index (Phi) is 4.48. The van der Waals surface area contributed by atoms with E-state index in [-0.39, 0.29) is 0 Å². The van der Waals surface area contributed by atoms with Crippen LogP contribution in [0.3, 0.4) is 0 Å². The van der Waals surface area contributed by atoms with Crippen molar-refractivity contribution in [3.8, 4) is 0 Å². The highest BCUT2D eigenvalue weighted by atomic mass is 32.1. The topological polar surface area (TPSA) is 32.3 Å². The fourth-order valence-corrected chi connectivity index (χ4v) is 5.67. The fourth-order valence-electron chi connectivity index (χ4n) is 4.32. The predicted octanol–water partition coefficient (Wildman–Crippen LogP) is 3.74. The van der Waals surface area contributed by atoms with Gasteiger partial charge in [-0.25, -0.2) is 9.97 Å². The van der Waals surface area contributed by atoms with E-state index in [4.69, 9.17) is 4.98 Å². The molecule has 1 unspecified atom stereocenters. The predicted molar refractivity (Wildman–Crippen MR) is 102 cm³/mol. The van der Waals surface area contributed by atoms with E-state index in [0.29, 0.717) is 6.04 Å². The second kappa shape index (κ2) is 6.60. The molecule has 2 aliphatic rings. The quantitative estimate of drug-likeness (QED) is 0.849. The molecular weight excluding hydrogens is 316 g/mol. The van der Waals surface area contributed by atoms with Crippen molar-refractivity contribution in [1.29, 1.82) is 0 Å². The van der Waals surface area contributed by atoms with Gasteiger partial charge < -0.3 is 9.80 Å². The van der Waals surface area contributed by atoms with Crippen molar-refractivity contribution in [3.63, 3.8) is 0 Å². The highest BCUT2D eigenvalue weighted by Gasteiger charge is 2.27. The van der Waals surface area contributed by atoms with E-state index >= 15 is 0 Å². The number of anilines is 1. The third kappa shape index (κ3) is 2.82. The SMILES string of the molecule is CCN1CCC(N(C)c2ncnc3sc4c(c23)CCC(C)C4)CC1. The van der Waals surface area contributed by atoms with E-state index in [1.807, 2.05) is 11.3 Å². The molecule has 1 saturated heterocycles. The van der Waals surface area contributed by atoms with Crippen LogP contribution in [0, 0.1) is 5.92 Å². The van der Waals surface area contributed by atoms with Crippen LogP contribution < -0.4 is 4.90 Å². The van der Waals surface area contributed by atoms with E-state index in [9.17, 15) is 0 Å². The Morgan fingerprint density at radius 1 is 1.25 bits per heavy atom. The lowest BCUT2D eigenvalue weighted by Gasteiger charge is -2.37. The van der Waals surface area contributed by atoms with Crippen molar-refractivity contribution >= 4 is 27.4 Å². The lowest BCUT2D eigenvalue weighted by Crippen LogP contribution is -2.43. The van der Waals surface area contributed by atoms with Crippen molar-refractivity contribution in [2.75, 3.05) is 31.6 Å². The Morgan fingerprint density at radius 3 is 2.79 bits per heavy atom. The Labute approximate surface area is 148 Å². The Balaban J connectivity index is 1.67. The summed E-state index contributed by atoms with van der Waals surface area (Å²) in [5.74, 6) is 1.97. The molecule has 0 bridgehead atoms. The van der Waals surface area contributed by atoms with Crippen LogP contribution in [-0.2, 0) is 12.8 Å². The zero-order chi connectivity index (χ0) is 16.7. The molecule has 4 rings (SSSR count). The second-order valence-electron chi connectivity index (χ2n) is 7.51. The molecule has 130 valence electrons. The molecule has 0 saturated carbocycles. The van der Waals surface area contributed by atoms with Crippen LogP contribution in [0.15, 0.2) is 6.33 Å². The molecule has 1 aliphatic heterocycles. The van der Waals surface area contributed by atoms with Crippen molar-refractivity contribution < 1.29 is 0 Å². The van der Waals surface area contributed by atoms with Gasteiger partial charge in [0.1, 0.15) is 17.0 Å². The summed E-state index contributed by atoms with van der Waals surface area (Å²) >= 11 is 1.90. The van der Waals surface area contributed by atoms with E-state index < -0.39 is 0 Å². The summed E-state index contributed by atoms with van der Waals surface area (Å²) in [5, 5.41) is 1.35. The molecule has 0 radical (unpaired) electrons. The van der Waals surface area contributed by atoms with Crippen molar-refractivity contribution in [2.24, 2.45) is 5.92 Å². The number of aryl methyl sites for hydroxylation is 1. The highest BCUT2D eigenvalue weighted by Crippen LogP contribution is 2.41. The molecule has 0 aromatic carbocycles. The van der Waals surface area contributed by atoms with Crippen LogP contribution in [0.4, 0.5) is 5.82 Å². The lowest BCUT2D eigenvalue weighted by atomic mass is 9.89. The van der Waals surface area contributed by atoms with Crippen LogP contribution in [-0.4, -0.2) is 47.6 Å². The molecular formula is C19H28N4S. The minimum absolute atomic E-state index is 0.601. The van der Waals surface area contributed by atoms with Gasteiger partial charge in [-0.2, -0.15) is 0 Å². The number of hydrogen-bond donors (Lipinski definition) is 0. The summed E-state index contributed by atoms with van der Waals surface area (Å²) in [7, 11) is 2.24. The fraction of sp³-hybridized carbons (Fsp3) is 0.684. The van der Waals surface area contributed by atoms with Crippen LogP contribution in [0.25, 0.3) is 10.2 Å². The minimum Gasteiger partial charge on any atom is -0.356 e. The number of fused-ring (bicyclic) bond motifs is 3. The highest BCUT2D eigenvalue weighted by molar-refractivity contribution is 7.19. The third-order valence-electron chi connectivity index (χ3n) is 5.96. The molecule has 0 N–H and O–H groups in total. The molecule has 1 aliphatic carbocycles. The average Bonchev–Trinajstić information content (AvgIpc) is 2.98. The van der Waals surface area contributed by atoms with Gasteiger partial charge in [-0.3, -0.25) is 0 Å².